The molecule has 0 unspecified atom stereocenters. The lowest BCUT2D eigenvalue weighted by Crippen LogP contribution is -2.31. The summed E-state index contributed by atoms with van der Waals surface area (Å²) in [5.74, 6) is 1.22. The Morgan fingerprint density at radius 1 is 1.18 bits per heavy atom. The van der Waals surface area contributed by atoms with Gasteiger partial charge in [-0.2, -0.15) is 10.2 Å². The van der Waals surface area contributed by atoms with E-state index in [1.807, 2.05) is 19.1 Å². The second-order valence-corrected chi connectivity index (χ2v) is 8.09. The van der Waals surface area contributed by atoms with Crippen LogP contribution >= 0.6 is 0 Å². The molecular formula is C22H28N4O2. The molecule has 28 heavy (non-hydrogen) atoms. The van der Waals surface area contributed by atoms with Gasteiger partial charge in [-0.15, -0.1) is 0 Å². The van der Waals surface area contributed by atoms with Crippen LogP contribution in [0.4, 0.5) is 0 Å². The van der Waals surface area contributed by atoms with E-state index in [0.29, 0.717) is 17.3 Å². The van der Waals surface area contributed by atoms with Crippen LogP contribution < -0.4 is 11.0 Å². The van der Waals surface area contributed by atoms with Crippen LogP contribution in [-0.4, -0.2) is 21.4 Å². The number of nitrogens with one attached hydrogen (secondary N) is 1. The van der Waals surface area contributed by atoms with E-state index in [1.165, 1.54) is 36.8 Å². The van der Waals surface area contributed by atoms with Crippen LogP contribution in [0.25, 0.3) is 10.8 Å². The summed E-state index contributed by atoms with van der Waals surface area (Å²) in [4.78, 5) is 25.4. The Kier molecular flexibility index (Phi) is 5.55. The molecule has 0 bridgehead atoms. The third-order valence-corrected chi connectivity index (χ3v) is 6.20. The van der Waals surface area contributed by atoms with Gasteiger partial charge in [0.15, 0.2) is 5.69 Å². The molecule has 1 amide bonds. The Morgan fingerprint density at radius 2 is 1.93 bits per heavy atom. The molecule has 0 spiro atoms. The maximum absolute atomic E-state index is 12.9. The van der Waals surface area contributed by atoms with Crippen LogP contribution in [0.1, 0.15) is 68.8 Å². The largest absolute Gasteiger partial charge is 0.292 e. The van der Waals surface area contributed by atoms with Gasteiger partial charge in [-0.05, 0) is 50.0 Å². The second kappa shape index (κ2) is 8.25. The van der Waals surface area contributed by atoms with E-state index in [4.69, 9.17) is 0 Å². The van der Waals surface area contributed by atoms with Crippen molar-refractivity contribution in [2.75, 3.05) is 0 Å². The van der Waals surface area contributed by atoms with E-state index in [0.717, 1.165) is 36.8 Å². The van der Waals surface area contributed by atoms with E-state index in [-0.39, 0.29) is 17.2 Å². The molecule has 6 heteroatoms. The van der Waals surface area contributed by atoms with Crippen LogP contribution in [-0.2, 0) is 6.54 Å². The molecule has 2 aromatic rings. The average Bonchev–Trinajstić information content (AvgIpc) is 2.74. The molecule has 148 valence electrons. The predicted octanol–water partition coefficient (Wildman–Crippen LogP) is 3.88. The quantitative estimate of drug-likeness (QED) is 0.818. The number of carbonyl (C=O) groups excluding carboxylic acids is 1. The van der Waals surface area contributed by atoms with Crippen molar-refractivity contribution in [1.82, 2.24) is 15.2 Å². The van der Waals surface area contributed by atoms with E-state index < -0.39 is 0 Å². The molecule has 2 atom stereocenters. The predicted molar refractivity (Wildman–Crippen MR) is 110 cm³/mol. The Bertz CT molecular complexity index is 963. The standard InChI is InChI=1S/C22H28N4O2/c1-2-13-26-22(28)19-10-6-5-9-18(19)20(25-26)21(27)24-23-17-12-11-15-7-3-4-8-16(15)14-17/h5-6,9-10,15-16H,2-4,7-8,11-14H2,1H3,(H,24,27)/b23-17-/t15-,16-/m0/s1. The monoisotopic (exact) mass is 380 g/mol. The lowest BCUT2D eigenvalue weighted by molar-refractivity contribution is 0.0948. The Hall–Kier alpha value is -2.50. The van der Waals surface area contributed by atoms with Gasteiger partial charge >= 0.3 is 0 Å². The number of amides is 1. The molecule has 2 aliphatic rings. The van der Waals surface area contributed by atoms with Crippen molar-refractivity contribution in [2.45, 2.75) is 64.8 Å². The van der Waals surface area contributed by atoms with Gasteiger partial charge in [-0.1, -0.05) is 44.4 Å². The minimum Gasteiger partial charge on any atom is -0.267 e. The Morgan fingerprint density at radius 3 is 2.71 bits per heavy atom. The molecule has 4 rings (SSSR count). The SMILES string of the molecule is CCCn1nc(C(=O)N/N=C2/CC[C@@H]3CCCC[C@H]3C2)c2ccccc2c1=O. The van der Waals surface area contributed by atoms with Gasteiger partial charge in [0.1, 0.15) is 0 Å². The molecule has 0 saturated heterocycles. The van der Waals surface area contributed by atoms with Crippen molar-refractivity contribution < 1.29 is 4.79 Å². The molecule has 0 radical (unpaired) electrons. The fraction of sp³-hybridized carbons (Fsp3) is 0.545. The summed E-state index contributed by atoms with van der Waals surface area (Å²) in [5.41, 5.74) is 3.91. The third-order valence-electron chi connectivity index (χ3n) is 6.20. The van der Waals surface area contributed by atoms with Crippen molar-refractivity contribution in [1.29, 1.82) is 0 Å². The number of fused-ring (bicyclic) bond motifs is 2. The lowest BCUT2D eigenvalue weighted by Gasteiger charge is -2.35. The van der Waals surface area contributed by atoms with Gasteiger partial charge in [0, 0.05) is 17.6 Å². The van der Waals surface area contributed by atoms with Crippen LogP contribution in [0.15, 0.2) is 34.2 Å². The number of benzene rings is 1. The highest BCUT2D eigenvalue weighted by Gasteiger charge is 2.30. The minimum atomic E-state index is -0.348. The van der Waals surface area contributed by atoms with Gasteiger partial charge in [-0.25, -0.2) is 10.1 Å². The number of nitrogens with zero attached hydrogens (tertiary/aromatic N) is 3. The molecule has 1 heterocycles. The van der Waals surface area contributed by atoms with Gasteiger partial charge in [0.05, 0.1) is 5.39 Å². The summed E-state index contributed by atoms with van der Waals surface area (Å²) in [6.45, 7) is 2.47. The fourth-order valence-corrected chi connectivity index (χ4v) is 4.74. The zero-order valence-electron chi connectivity index (χ0n) is 16.5. The number of carbonyl (C=O) groups is 1. The average molecular weight is 380 g/mol. The summed E-state index contributed by atoms with van der Waals surface area (Å²) in [6.07, 6.45) is 9.22. The topological polar surface area (TPSA) is 76.3 Å². The highest BCUT2D eigenvalue weighted by atomic mass is 16.2. The van der Waals surface area contributed by atoms with Crippen LogP contribution in [0.2, 0.25) is 0 Å². The summed E-state index contributed by atoms with van der Waals surface area (Å²) in [7, 11) is 0. The van der Waals surface area contributed by atoms with Crippen molar-refractivity contribution in [3.05, 3.63) is 40.3 Å². The van der Waals surface area contributed by atoms with Crippen molar-refractivity contribution in [3.63, 3.8) is 0 Å². The number of hydrogen-bond acceptors (Lipinski definition) is 4. The van der Waals surface area contributed by atoms with E-state index in [9.17, 15) is 9.59 Å². The van der Waals surface area contributed by atoms with E-state index >= 15 is 0 Å². The molecule has 6 nitrogen and oxygen atoms in total. The van der Waals surface area contributed by atoms with Crippen LogP contribution in [0.5, 0.6) is 0 Å². The number of aromatic nitrogens is 2. The third kappa shape index (κ3) is 3.73. The lowest BCUT2D eigenvalue weighted by atomic mass is 9.70. The molecule has 1 N–H and O–H groups in total. The maximum Gasteiger partial charge on any atom is 0.292 e. The van der Waals surface area contributed by atoms with Crippen LogP contribution in [0.3, 0.4) is 0 Å². The molecule has 1 aromatic carbocycles. The molecule has 2 saturated carbocycles. The van der Waals surface area contributed by atoms with Crippen molar-refractivity contribution in [3.8, 4) is 0 Å². The van der Waals surface area contributed by atoms with Crippen molar-refractivity contribution in [2.24, 2.45) is 16.9 Å². The number of hydrazone groups is 1. The maximum atomic E-state index is 12.9. The highest BCUT2D eigenvalue weighted by molar-refractivity contribution is 6.05. The first-order valence-corrected chi connectivity index (χ1v) is 10.5. The molecule has 2 aliphatic carbocycles. The normalized spacial score (nSPS) is 23.5. The van der Waals surface area contributed by atoms with Gasteiger partial charge < -0.3 is 0 Å². The van der Waals surface area contributed by atoms with Gasteiger partial charge in [-0.3, -0.25) is 9.59 Å². The molecular weight excluding hydrogens is 352 g/mol. The molecule has 2 fully saturated rings. The zero-order valence-corrected chi connectivity index (χ0v) is 16.5. The summed E-state index contributed by atoms with van der Waals surface area (Å²) in [6, 6.07) is 7.15. The smallest absolute Gasteiger partial charge is 0.267 e. The minimum absolute atomic E-state index is 0.157. The number of hydrogen-bond donors (Lipinski definition) is 1. The molecule has 1 aromatic heterocycles. The van der Waals surface area contributed by atoms with Crippen molar-refractivity contribution >= 4 is 22.4 Å². The summed E-state index contributed by atoms with van der Waals surface area (Å²) in [5, 5.41) is 9.88. The molecule has 0 aliphatic heterocycles. The second-order valence-electron chi connectivity index (χ2n) is 8.09. The van der Waals surface area contributed by atoms with Crippen LogP contribution in [0, 0.1) is 11.8 Å². The Labute approximate surface area is 165 Å². The first-order chi connectivity index (χ1) is 13.7. The summed E-state index contributed by atoms with van der Waals surface area (Å²) >= 11 is 0. The Balaban J connectivity index is 1.57. The van der Waals surface area contributed by atoms with E-state index in [1.54, 1.807) is 12.1 Å². The first-order valence-electron chi connectivity index (χ1n) is 10.5. The number of aryl methyl sites for hydroxylation is 1. The van der Waals surface area contributed by atoms with E-state index in [2.05, 4.69) is 15.6 Å². The number of rotatable bonds is 4. The summed E-state index contributed by atoms with van der Waals surface area (Å²) < 4.78 is 1.39. The van der Waals surface area contributed by atoms with Gasteiger partial charge in [0.2, 0.25) is 0 Å². The fourth-order valence-electron chi connectivity index (χ4n) is 4.74. The zero-order chi connectivity index (χ0) is 19.5. The highest BCUT2D eigenvalue weighted by Crippen LogP contribution is 2.39. The van der Waals surface area contributed by atoms with Gasteiger partial charge in [0.25, 0.3) is 11.5 Å². The first kappa shape index (κ1) is 18.8.